The lowest BCUT2D eigenvalue weighted by molar-refractivity contribution is -0.249. The van der Waals surface area contributed by atoms with Crippen molar-refractivity contribution in [1.82, 2.24) is 0 Å². The predicted octanol–water partition coefficient (Wildman–Crippen LogP) is 6.73. The fraction of sp³-hybridized carbons (Fsp3) is 0.795. The van der Waals surface area contributed by atoms with Crippen LogP contribution in [-0.2, 0) is 19.0 Å². The van der Waals surface area contributed by atoms with Crippen molar-refractivity contribution >= 4 is 11.9 Å². The Morgan fingerprint density at radius 3 is 2.28 bits per heavy atom. The van der Waals surface area contributed by atoms with E-state index in [0.29, 0.717) is 30.4 Å². The van der Waals surface area contributed by atoms with E-state index in [-0.39, 0.29) is 63.1 Å². The molecule has 1 aromatic rings. The zero-order valence-electron chi connectivity index (χ0n) is 29.0. The molecule has 0 spiro atoms. The van der Waals surface area contributed by atoms with Crippen LogP contribution in [0.25, 0.3) is 0 Å². The maximum atomic E-state index is 13.2. The second kappa shape index (κ2) is 10.5. The molecule has 12 atom stereocenters. The van der Waals surface area contributed by atoms with Gasteiger partial charge in [-0.3, -0.25) is 4.79 Å². The number of carbonyl (C=O) groups is 2. The number of aliphatic hydroxyl groups is 2. The third-order valence-corrected chi connectivity index (χ3v) is 15.3. The molecule has 1 aliphatic heterocycles. The maximum absolute atomic E-state index is 13.2. The van der Waals surface area contributed by atoms with Crippen molar-refractivity contribution in [3.63, 3.8) is 0 Å². The highest BCUT2D eigenvalue weighted by molar-refractivity contribution is 5.89. The van der Waals surface area contributed by atoms with Gasteiger partial charge in [-0.25, -0.2) is 4.79 Å². The summed E-state index contributed by atoms with van der Waals surface area (Å²) in [5.74, 6) is 0.905. The molecule has 5 saturated carbocycles. The summed E-state index contributed by atoms with van der Waals surface area (Å²) in [5.41, 5.74) is -0.587. The first kappa shape index (κ1) is 32.6. The lowest BCUT2D eigenvalue weighted by Crippen LogP contribution is -2.67. The maximum Gasteiger partial charge on any atom is 0.338 e. The SMILES string of the molecule is CC(=O)OC1CC2C(C)(C)C(OC(=O)c3ccccc3)CCC2(C)C2CCC34CC3(CCC4C3COC(C(C)(C)O)C(O)C3)C12C. The van der Waals surface area contributed by atoms with Crippen LogP contribution in [0.3, 0.4) is 0 Å². The van der Waals surface area contributed by atoms with Crippen LogP contribution in [0.4, 0.5) is 0 Å². The third-order valence-electron chi connectivity index (χ3n) is 15.3. The normalized spacial score (nSPS) is 47.4. The Balaban J connectivity index is 1.18. The molecule has 2 N–H and O–H groups in total. The standard InChI is InChI=1S/C39H56O7/c1-23(40)45-31-20-29-34(2,3)30(46-33(42)24-11-9-8-10-12-24)15-16-36(29,6)28-14-17-38-22-39(38,37(28,31)7)18-13-26(38)25-19-27(41)32(44-21-25)35(4,5)43/h8-12,25-32,41,43H,13-22H2,1-7H3. The first-order valence-corrected chi connectivity index (χ1v) is 18.0. The fourth-order valence-electron chi connectivity index (χ4n) is 13.4. The smallest absolute Gasteiger partial charge is 0.338 e. The van der Waals surface area contributed by atoms with Gasteiger partial charge in [-0.2, -0.15) is 0 Å². The summed E-state index contributed by atoms with van der Waals surface area (Å²) in [7, 11) is 0. The molecule has 1 aromatic carbocycles. The summed E-state index contributed by atoms with van der Waals surface area (Å²) in [6.45, 7) is 15.1. The van der Waals surface area contributed by atoms with Crippen LogP contribution in [0, 0.1) is 50.7 Å². The Labute approximate surface area is 275 Å². The van der Waals surface area contributed by atoms with Crippen molar-refractivity contribution < 1.29 is 34.0 Å². The number of hydrogen-bond acceptors (Lipinski definition) is 7. The molecule has 0 amide bonds. The monoisotopic (exact) mass is 636 g/mol. The minimum atomic E-state index is -1.08. The molecule has 1 saturated heterocycles. The van der Waals surface area contributed by atoms with Crippen LogP contribution in [0.5, 0.6) is 0 Å². The Bertz CT molecular complexity index is 1370. The van der Waals surface area contributed by atoms with Crippen molar-refractivity contribution in [3.8, 4) is 0 Å². The van der Waals surface area contributed by atoms with E-state index < -0.39 is 17.8 Å². The van der Waals surface area contributed by atoms with E-state index in [1.165, 1.54) is 12.8 Å². The summed E-state index contributed by atoms with van der Waals surface area (Å²) < 4.78 is 18.9. The van der Waals surface area contributed by atoms with Crippen LogP contribution >= 0.6 is 0 Å². The van der Waals surface area contributed by atoms with E-state index in [1.807, 2.05) is 30.3 Å². The van der Waals surface area contributed by atoms with Crippen molar-refractivity contribution in [2.75, 3.05) is 6.61 Å². The number of carbonyl (C=O) groups excluding carboxylic acids is 2. The Kier molecular flexibility index (Phi) is 7.45. The third kappa shape index (κ3) is 4.39. The summed E-state index contributed by atoms with van der Waals surface area (Å²) in [4.78, 5) is 26.0. The first-order chi connectivity index (χ1) is 21.5. The van der Waals surface area contributed by atoms with Gasteiger partial charge < -0.3 is 24.4 Å². The van der Waals surface area contributed by atoms with Gasteiger partial charge >= 0.3 is 11.9 Å². The summed E-state index contributed by atoms with van der Waals surface area (Å²) in [5, 5.41) is 21.7. The molecule has 254 valence electrons. The van der Waals surface area contributed by atoms with E-state index in [2.05, 4.69) is 27.7 Å². The van der Waals surface area contributed by atoms with Gasteiger partial charge in [-0.15, -0.1) is 0 Å². The van der Waals surface area contributed by atoms with Crippen molar-refractivity contribution in [1.29, 1.82) is 0 Å². The Morgan fingerprint density at radius 1 is 0.913 bits per heavy atom. The number of aliphatic hydroxyl groups excluding tert-OH is 1. The van der Waals surface area contributed by atoms with Gasteiger partial charge in [0, 0.05) is 17.8 Å². The lowest BCUT2D eigenvalue weighted by atomic mass is 9.37. The van der Waals surface area contributed by atoms with E-state index in [9.17, 15) is 19.8 Å². The molecular weight excluding hydrogens is 580 g/mol. The summed E-state index contributed by atoms with van der Waals surface area (Å²) in [6.07, 6.45) is 7.34. The van der Waals surface area contributed by atoms with E-state index in [4.69, 9.17) is 14.2 Å². The number of hydrogen-bond donors (Lipinski definition) is 2. The molecule has 46 heavy (non-hydrogen) atoms. The number of ether oxygens (including phenoxy) is 3. The summed E-state index contributed by atoms with van der Waals surface area (Å²) >= 11 is 0. The molecule has 0 radical (unpaired) electrons. The molecule has 5 aliphatic carbocycles. The van der Waals surface area contributed by atoms with Gasteiger partial charge in [-0.05, 0) is 124 Å². The topological polar surface area (TPSA) is 102 Å². The highest BCUT2D eigenvalue weighted by Gasteiger charge is 2.86. The molecule has 12 unspecified atom stereocenters. The highest BCUT2D eigenvalue weighted by atomic mass is 16.6. The quantitative estimate of drug-likeness (QED) is 0.346. The second-order valence-corrected chi connectivity index (χ2v) is 17.9. The Morgan fingerprint density at radius 2 is 1.63 bits per heavy atom. The second-order valence-electron chi connectivity index (χ2n) is 17.9. The number of esters is 2. The molecule has 7 nitrogen and oxygen atoms in total. The van der Waals surface area contributed by atoms with Crippen LogP contribution < -0.4 is 0 Å². The van der Waals surface area contributed by atoms with E-state index >= 15 is 0 Å². The molecule has 1 heterocycles. The molecule has 0 aromatic heterocycles. The van der Waals surface area contributed by atoms with E-state index in [0.717, 1.165) is 38.5 Å². The largest absolute Gasteiger partial charge is 0.462 e. The minimum absolute atomic E-state index is 0.0379. The van der Waals surface area contributed by atoms with Crippen LogP contribution in [-0.4, -0.2) is 58.8 Å². The first-order valence-electron chi connectivity index (χ1n) is 18.0. The molecule has 6 fully saturated rings. The number of benzene rings is 1. The molecule has 7 rings (SSSR count). The van der Waals surface area contributed by atoms with E-state index in [1.54, 1.807) is 20.8 Å². The van der Waals surface area contributed by atoms with Crippen molar-refractivity contribution in [3.05, 3.63) is 35.9 Å². The number of rotatable bonds is 5. The van der Waals surface area contributed by atoms with Gasteiger partial charge in [0.25, 0.3) is 0 Å². The van der Waals surface area contributed by atoms with Gasteiger partial charge in [0.2, 0.25) is 0 Å². The van der Waals surface area contributed by atoms with Gasteiger partial charge in [0.1, 0.15) is 18.3 Å². The molecule has 6 aliphatic rings. The van der Waals surface area contributed by atoms with Gasteiger partial charge in [-0.1, -0.05) is 45.9 Å². The Hall–Kier alpha value is -1.96. The average Bonchev–Trinajstić information content (AvgIpc) is 3.55. The van der Waals surface area contributed by atoms with Crippen LogP contribution in [0.15, 0.2) is 30.3 Å². The summed E-state index contributed by atoms with van der Waals surface area (Å²) in [6, 6.07) is 9.28. The number of fused-ring (bicyclic) bond motifs is 3. The van der Waals surface area contributed by atoms with Crippen LogP contribution in [0.1, 0.15) is 117 Å². The van der Waals surface area contributed by atoms with Gasteiger partial charge in [0.05, 0.1) is 23.9 Å². The van der Waals surface area contributed by atoms with Crippen LogP contribution in [0.2, 0.25) is 0 Å². The predicted molar refractivity (Wildman–Crippen MR) is 174 cm³/mol. The lowest BCUT2D eigenvalue weighted by Gasteiger charge is -2.68. The van der Waals surface area contributed by atoms with Crippen molar-refractivity contribution in [2.24, 2.45) is 50.7 Å². The average molecular weight is 637 g/mol. The zero-order valence-corrected chi connectivity index (χ0v) is 29.0. The zero-order chi connectivity index (χ0) is 33.1. The molecule has 0 bridgehead atoms. The highest BCUT2D eigenvalue weighted by Crippen LogP contribution is 2.91. The fourth-order valence-corrected chi connectivity index (χ4v) is 13.4. The van der Waals surface area contributed by atoms with Gasteiger partial charge in [0.15, 0.2) is 0 Å². The minimum Gasteiger partial charge on any atom is -0.462 e. The molecular formula is C39H56O7. The van der Waals surface area contributed by atoms with Crippen molar-refractivity contribution in [2.45, 2.75) is 136 Å². The molecule has 7 heteroatoms.